The average molecular weight is 289 g/mol. The lowest BCUT2D eigenvalue weighted by Gasteiger charge is -2.31. The van der Waals surface area contributed by atoms with E-state index >= 15 is 0 Å². The van der Waals surface area contributed by atoms with Crippen LogP contribution in [0.5, 0.6) is 5.75 Å². The van der Waals surface area contributed by atoms with Crippen molar-refractivity contribution in [2.75, 3.05) is 31.6 Å². The summed E-state index contributed by atoms with van der Waals surface area (Å²) < 4.78 is 5.37. The van der Waals surface area contributed by atoms with E-state index in [2.05, 4.69) is 28.5 Å². The molecule has 1 aromatic carbocycles. The molecule has 0 bridgehead atoms. The molecule has 5 nitrogen and oxygen atoms in total. The van der Waals surface area contributed by atoms with E-state index in [-0.39, 0.29) is 12.5 Å². The van der Waals surface area contributed by atoms with Crippen molar-refractivity contribution in [3.63, 3.8) is 0 Å². The molecule has 0 aliphatic carbocycles. The highest BCUT2D eigenvalue weighted by atomic mass is 16.5. The minimum atomic E-state index is -0.0838. The standard InChI is InChI=1S/C16H23N3O2/c1-2-19-7-5-13(6-8-19)17-10-12-3-4-15-14(9-12)18-16(20)11-21-15/h3-4,9,13,17H,2,5-8,10-11H2,1H3,(H,18,20). The number of anilines is 1. The molecule has 0 atom stereocenters. The molecule has 0 radical (unpaired) electrons. The Morgan fingerprint density at radius 3 is 2.95 bits per heavy atom. The number of hydrogen-bond acceptors (Lipinski definition) is 4. The Balaban J connectivity index is 1.54. The number of rotatable bonds is 4. The minimum Gasteiger partial charge on any atom is -0.482 e. The van der Waals surface area contributed by atoms with Gasteiger partial charge in [0.1, 0.15) is 5.75 Å². The van der Waals surface area contributed by atoms with Crippen LogP contribution < -0.4 is 15.4 Å². The van der Waals surface area contributed by atoms with Gasteiger partial charge in [0.2, 0.25) is 0 Å². The van der Waals surface area contributed by atoms with Gasteiger partial charge in [-0.1, -0.05) is 13.0 Å². The number of carbonyl (C=O) groups is 1. The van der Waals surface area contributed by atoms with Crippen molar-refractivity contribution in [2.24, 2.45) is 0 Å². The molecule has 5 heteroatoms. The van der Waals surface area contributed by atoms with Crippen molar-refractivity contribution >= 4 is 11.6 Å². The Morgan fingerprint density at radius 2 is 2.19 bits per heavy atom. The zero-order valence-electron chi connectivity index (χ0n) is 12.5. The van der Waals surface area contributed by atoms with Gasteiger partial charge in [-0.3, -0.25) is 4.79 Å². The van der Waals surface area contributed by atoms with Crippen molar-refractivity contribution < 1.29 is 9.53 Å². The van der Waals surface area contributed by atoms with Crippen LogP contribution in [0.15, 0.2) is 18.2 Å². The molecule has 0 spiro atoms. The smallest absolute Gasteiger partial charge is 0.262 e. The number of amides is 1. The molecule has 0 saturated carbocycles. The van der Waals surface area contributed by atoms with Crippen molar-refractivity contribution in [3.8, 4) is 5.75 Å². The van der Waals surface area contributed by atoms with Gasteiger partial charge in [-0.25, -0.2) is 0 Å². The van der Waals surface area contributed by atoms with E-state index in [4.69, 9.17) is 4.74 Å². The molecular weight excluding hydrogens is 266 g/mol. The second-order valence-electron chi connectivity index (χ2n) is 5.76. The molecule has 21 heavy (non-hydrogen) atoms. The van der Waals surface area contributed by atoms with Crippen LogP contribution in [-0.2, 0) is 11.3 Å². The maximum atomic E-state index is 11.3. The third-order valence-electron chi connectivity index (χ3n) is 4.31. The van der Waals surface area contributed by atoms with Crippen LogP contribution in [0.2, 0.25) is 0 Å². The maximum absolute atomic E-state index is 11.3. The molecule has 114 valence electrons. The predicted octanol–water partition coefficient (Wildman–Crippen LogP) is 1.59. The first kappa shape index (κ1) is 14.4. The van der Waals surface area contributed by atoms with Gasteiger partial charge in [0, 0.05) is 12.6 Å². The number of piperidine rings is 1. The summed E-state index contributed by atoms with van der Waals surface area (Å²) in [6, 6.07) is 6.59. The molecule has 0 unspecified atom stereocenters. The normalized spacial score (nSPS) is 19.8. The van der Waals surface area contributed by atoms with Crippen molar-refractivity contribution in [1.29, 1.82) is 0 Å². The number of nitrogens with one attached hydrogen (secondary N) is 2. The fourth-order valence-corrected chi connectivity index (χ4v) is 2.96. The lowest BCUT2D eigenvalue weighted by molar-refractivity contribution is -0.118. The lowest BCUT2D eigenvalue weighted by atomic mass is 10.0. The van der Waals surface area contributed by atoms with E-state index in [1.165, 1.54) is 31.5 Å². The molecule has 2 N–H and O–H groups in total. The molecule has 1 aromatic rings. The largest absolute Gasteiger partial charge is 0.482 e. The van der Waals surface area contributed by atoms with Crippen molar-refractivity contribution in [2.45, 2.75) is 32.4 Å². The monoisotopic (exact) mass is 289 g/mol. The van der Waals surface area contributed by atoms with Gasteiger partial charge in [-0.15, -0.1) is 0 Å². The van der Waals surface area contributed by atoms with Gasteiger partial charge in [-0.2, -0.15) is 0 Å². The van der Waals surface area contributed by atoms with Gasteiger partial charge in [0.15, 0.2) is 6.61 Å². The van der Waals surface area contributed by atoms with E-state index in [0.29, 0.717) is 6.04 Å². The zero-order chi connectivity index (χ0) is 14.7. The summed E-state index contributed by atoms with van der Waals surface area (Å²) in [7, 11) is 0. The van der Waals surface area contributed by atoms with Gasteiger partial charge >= 0.3 is 0 Å². The number of likely N-dealkylation sites (tertiary alicyclic amines) is 1. The first-order chi connectivity index (χ1) is 10.2. The minimum absolute atomic E-state index is 0.0838. The number of benzene rings is 1. The van der Waals surface area contributed by atoms with Crippen LogP contribution in [0, 0.1) is 0 Å². The molecule has 2 heterocycles. The number of carbonyl (C=O) groups excluding carboxylic acids is 1. The van der Waals surface area contributed by atoms with Crippen LogP contribution in [0.25, 0.3) is 0 Å². The number of hydrogen-bond donors (Lipinski definition) is 2. The molecule has 3 rings (SSSR count). The second-order valence-corrected chi connectivity index (χ2v) is 5.76. The van der Waals surface area contributed by atoms with Crippen LogP contribution in [0.4, 0.5) is 5.69 Å². The van der Waals surface area contributed by atoms with Crippen molar-refractivity contribution in [1.82, 2.24) is 10.2 Å². The highest BCUT2D eigenvalue weighted by Gasteiger charge is 2.18. The first-order valence-electron chi connectivity index (χ1n) is 7.76. The molecule has 2 aliphatic rings. The summed E-state index contributed by atoms with van der Waals surface area (Å²) in [5.41, 5.74) is 1.96. The molecule has 0 aromatic heterocycles. The summed E-state index contributed by atoms with van der Waals surface area (Å²) >= 11 is 0. The highest BCUT2D eigenvalue weighted by molar-refractivity contribution is 5.95. The Morgan fingerprint density at radius 1 is 1.38 bits per heavy atom. The zero-order valence-corrected chi connectivity index (χ0v) is 12.5. The Labute approximate surface area is 125 Å². The van der Waals surface area contributed by atoms with Crippen LogP contribution in [0.1, 0.15) is 25.3 Å². The van der Waals surface area contributed by atoms with Crippen LogP contribution >= 0.6 is 0 Å². The Kier molecular flexibility index (Phi) is 4.41. The highest BCUT2D eigenvalue weighted by Crippen LogP contribution is 2.28. The molecule has 2 aliphatic heterocycles. The lowest BCUT2D eigenvalue weighted by Crippen LogP contribution is -2.42. The van der Waals surface area contributed by atoms with Crippen LogP contribution in [0.3, 0.4) is 0 Å². The summed E-state index contributed by atoms with van der Waals surface area (Å²) in [6.07, 6.45) is 2.41. The summed E-state index contributed by atoms with van der Waals surface area (Å²) in [4.78, 5) is 13.8. The number of ether oxygens (including phenoxy) is 1. The van der Waals surface area contributed by atoms with E-state index in [1.54, 1.807) is 0 Å². The molecular formula is C16H23N3O2. The Bertz CT molecular complexity index is 510. The van der Waals surface area contributed by atoms with Gasteiger partial charge in [-0.05, 0) is 50.2 Å². The fourth-order valence-electron chi connectivity index (χ4n) is 2.96. The SMILES string of the molecule is CCN1CCC(NCc2ccc3c(c2)NC(=O)CO3)CC1. The van der Waals surface area contributed by atoms with E-state index in [0.717, 1.165) is 24.5 Å². The summed E-state index contributed by atoms with van der Waals surface area (Å²) in [5.74, 6) is 0.675. The Hall–Kier alpha value is -1.59. The average Bonchev–Trinajstić information content (AvgIpc) is 2.53. The quantitative estimate of drug-likeness (QED) is 0.884. The van der Waals surface area contributed by atoms with Gasteiger partial charge in [0.05, 0.1) is 5.69 Å². The number of fused-ring (bicyclic) bond motifs is 1. The van der Waals surface area contributed by atoms with Gasteiger partial charge < -0.3 is 20.3 Å². The topological polar surface area (TPSA) is 53.6 Å². The summed E-state index contributed by atoms with van der Waals surface area (Å²) in [5, 5.41) is 6.47. The molecule has 1 fully saturated rings. The van der Waals surface area contributed by atoms with Crippen molar-refractivity contribution in [3.05, 3.63) is 23.8 Å². The number of nitrogens with zero attached hydrogens (tertiary/aromatic N) is 1. The van der Waals surface area contributed by atoms with E-state index in [9.17, 15) is 4.79 Å². The first-order valence-corrected chi connectivity index (χ1v) is 7.76. The van der Waals surface area contributed by atoms with Crippen LogP contribution in [-0.4, -0.2) is 43.1 Å². The fraction of sp³-hybridized carbons (Fsp3) is 0.562. The predicted molar refractivity (Wildman–Crippen MR) is 82.5 cm³/mol. The van der Waals surface area contributed by atoms with E-state index < -0.39 is 0 Å². The third-order valence-corrected chi connectivity index (χ3v) is 4.31. The third kappa shape index (κ3) is 3.54. The summed E-state index contributed by atoms with van der Waals surface area (Å²) in [6.45, 7) is 6.68. The van der Waals surface area contributed by atoms with E-state index in [1.807, 2.05) is 12.1 Å². The molecule has 1 amide bonds. The second kappa shape index (κ2) is 6.45. The molecule has 1 saturated heterocycles. The van der Waals surface area contributed by atoms with Gasteiger partial charge in [0.25, 0.3) is 5.91 Å². The maximum Gasteiger partial charge on any atom is 0.262 e.